The molecule has 14 heavy (non-hydrogen) atoms. The van der Waals surface area contributed by atoms with Crippen LogP contribution in [0.15, 0.2) is 12.1 Å². The van der Waals surface area contributed by atoms with Gasteiger partial charge in [0.05, 0.1) is 11.9 Å². The molecular formula is C10H7BrClNO. The quantitative estimate of drug-likeness (QED) is 0.456. The molecule has 0 spiro atoms. The van der Waals surface area contributed by atoms with Crippen molar-refractivity contribution < 1.29 is 4.79 Å². The van der Waals surface area contributed by atoms with Crippen molar-refractivity contribution in [2.24, 2.45) is 0 Å². The Morgan fingerprint density at radius 2 is 2.29 bits per heavy atom. The number of benzene rings is 1. The van der Waals surface area contributed by atoms with Gasteiger partial charge < -0.3 is 0 Å². The summed E-state index contributed by atoms with van der Waals surface area (Å²) in [5.74, 6) is -0.0379. The number of ketones is 1. The van der Waals surface area contributed by atoms with E-state index in [2.05, 4.69) is 20.8 Å². The number of halogens is 2. The summed E-state index contributed by atoms with van der Waals surface area (Å²) in [6.45, 7) is 8.67. The molecule has 4 heteroatoms. The minimum atomic E-state index is -0.0379. The van der Waals surface area contributed by atoms with Gasteiger partial charge in [-0.1, -0.05) is 33.6 Å². The minimum absolute atomic E-state index is 0.0379. The number of hydrogen-bond acceptors (Lipinski definition) is 1. The Kier molecular flexibility index (Phi) is 3.68. The van der Waals surface area contributed by atoms with E-state index in [4.69, 9.17) is 18.2 Å². The largest absolute Gasteiger partial charge is 0.293 e. The van der Waals surface area contributed by atoms with Crippen molar-refractivity contribution >= 4 is 39.0 Å². The van der Waals surface area contributed by atoms with Crippen LogP contribution in [0.3, 0.4) is 0 Å². The summed E-state index contributed by atoms with van der Waals surface area (Å²) in [5, 5.41) is 0.649. The van der Waals surface area contributed by atoms with Gasteiger partial charge in [0.15, 0.2) is 5.78 Å². The fourth-order valence-corrected chi connectivity index (χ4v) is 1.68. The lowest BCUT2D eigenvalue weighted by Gasteiger charge is -2.04. The molecule has 0 amide bonds. The Bertz CT molecular complexity index is 423. The number of nitrogens with zero attached hydrogens (tertiary/aromatic N) is 1. The van der Waals surface area contributed by atoms with Crippen LogP contribution in [-0.2, 0) is 0 Å². The van der Waals surface area contributed by atoms with Crippen LogP contribution in [0, 0.1) is 13.5 Å². The van der Waals surface area contributed by atoms with Crippen LogP contribution in [0.5, 0.6) is 0 Å². The Labute approximate surface area is 95.8 Å². The number of hydrogen-bond donors (Lipinski definition) is 0. The van der Waals surface area contributed by atoms with Crippen molar-refractivity contribution in [1.29, 1.82) is 0 Å². The lowest BCUT2D eigenvalue weighted by Crippen LogP contribution is -2.02. The van der Waals surface area contributed by atoms with Crippen LogP contribution < -0.4 is 0 Å². The van der Waals surface area contributed by atoms with Crippen molar-refractivity contribution in [3.8, 4) is 0 Å². The van der Waals surface area contributed by atoms with E-state index in [1.807, 2.05) is 0 Å². The SMILES string of the molecule is [C-]#[N+]c1cc(C(=O)CBr)c(C)cc1Cl. The Balaban J connectivity index is 3.33. The smallest absolute Gasteiger partial charge is 0.206 e. The normalized spacial score (nSPS) is 9.57. The first-order valence-electron chi connectivity index (χ1n) is 3.87. The molecule has 0 saturated carbocycles. The van der Waals surface area contributed by atoms with E-state index in [0.717, 1.165) is 5.56 Å². The Morgan fingerprint density at radius 1 is 1.64 bits per heavy atom. The van der Waals surface area contributed by atoms with Gasteiger partial charge in [0.2, 0.25) is 5.69 Å². The summed E-state index contributed by atoms with van der Waals surface area (Å²) in [4.78, 5) is 14.7. The van der Waals surface area contributed by atoms with Crippen LogP contribution in [-0.4, -0.2) is 11.1 Å². The van der Waals surface area contributed by atoms with Gasteiger partial charge in [0.1, 0.15) is 0 Å². The van der Waals surface area contributed by atoms with Crippen LogP contribution in [0.25, 0.3) is 4.85 Å². The number of alkyl halides is 1. The third kappa shape index (κ3) is 2.14. The predicted molar refractivity (Wildman–Crippen MR) is 60.6 cm³/mol. The molecule has 0 atom stereocenters. The highest BCUT2D eigenvalue weighted by Gasteiger charge is 2.11. The molecule has 0 N–H and O–H groups in total. The third-order valence-corrected chi connectivity index (χ3v) is 2.65. The summed E-state index contributed by atoms with van der Waals surface area (Å²) in [5.41, 5.74) is 1.67. The molecule has 0 aromatic heterocycles. The molecular weight excluding hydrogens is 265 g/mol. The van der Waals surface area contributed by atoms with E-state index in [1.165, 1.54) is 6.07 Å². The van der Waals surface area contributed by atoms with Gasteiger partial charge in [-0.05, 0) is 18.6 Å². The molecule has 0 saturated heterocycles. The number of rotatable bonds is 2. The number of Topliss-reactive ketones (excluding diaryl/α,β-unsaturated/α-hetero) is 1. The Morgan fingerprint density at radius 3 is 2.79 bits per heavy atom. The minimum Gasteiger partial charge on any atom is -0.293 e. The monoisotopic (exact) mass is 271 g/mol. The highest BCUT2D eigenvalue weighted by molar-refractivity contribution is 9.09. The molecule has 0 heterocycles. The molecule has 0 aliphatic carbocycles. The van der Waals surface area contributed by atoms with E-state index in [9.17, 15) is 4.79 Å². The summed E-state index contributed by atoms with van der Waals surface area (Å²) in [6, 6.07) is 3.18. The lowest BCUT2D eigenvalue weighted by molar-refractivity contribution is 0.102. The zero-order chi connectivity index (χ0) is 10.7. The first-order valence-corrected chi connectivity index (χ1v) is 5.37. The summed E-state index contributed by atoms with van der Waals surface area (Å²) < 4.78 is 0. The lowest BCUT2D eigenvalue weighted by atomic mass is 10.0. The van der Waals surface area contributed by atoms with Crippen LogP contribution in [0.1, 0.15) is 15.9 Å². The second-order valence-corrected chi connectivity index (χ2v) is 3.76. The summed E-state index contributed by atoms with van der Waals surface area (Å²) >= 11 is 8.90. The zero-order valence-corrected chi connectivity index (χ0v) is 9.82. The predicted octanol–water partition coefficient (Wildman–Crippen LogP) is 3.78. The average Bonchev–Trinajstić information content (AvgIpc) is 2.17. The molecule has 1 aromatic rings. The summed E-state index contributed by atoms with van der Waals surface area (Å²) in [7, 11) is 0. The van der Waals surface area contributed by atoms with Gasteiger partial charge >= 0.3 is 0 Å². The van der Waals surface area contributed by atoms with Gasteiger partial charge in [0.25, 0.3) is 0 Å². The second kappa shape index (κ2) is 4.59. The van der Waals surface area contributed by atoms with E-state index >= 15 is 0 Å². The molecule has 2 nitrogen and oxygen atoms in total. The highest BCUT2D eigenvalue weighted by Crippen LogP contribution is 2.28. The topological polar surface area (TPSA) is 21.4 Å². The first-order chi connectivity index (χ1) is 6.60. The molecule has 0 bridgehead atoms. The van der Waals surface area contributed by atoms with Crippen molar-refractivity contribution in [3.63, 3.8) is 0 Å². The van der Waals surface area contributed by atoms with E-state index in [-0.39, 0.29) is 11.1 Å². The van der Waals surface area contributed by atoms with Crippen LogP contribution >= 0.6 is 27.5 Å². The maximum absolute atomic E-state index is 11.4. The maximum atomic E-state index is 11.4. The number of carbonyl (C=O) groups is 1. The zero-order valence-electron chi connectivity index (χ0n) is 7.47. The average molecular weight is 273 g/mol. The van der Waals surface area contributed by atoms with Crippen LogP contribution in [0.4, 0.5) is 5.69 Å². The van der Waals surface area contributed by atoms with E-state index in [0.29, 0.717) is 16.3 Å². The number of carbonyl (C=O) groups excluding carboxylic acids is 1. The molecule has 1 rings (SSSR count). The van der Waals surface area contributed by atoms with E-state index < -0.39 is 0 Å². The molecule has 0 aliphatic rings. The fraction of sp³-hybridized carbons (Fsp3) is 0.200. The van der Waals surface area contributed by atoms with Crippen molar-refractivity contribution in [2.45, 2.75) is 6.92 Å². The summed E-state index contributed by atoms with van der Waals surface area (Å²) in [6.07, 6.45) is 0. The van der Waals surface area contributed by atoms with Crippen molar-refractivity contribution in [3.05, 3.63) is 39.7 Å². The van der Waals surface area contributed by atoms with Gasteiger partial charge in [-0.3, -0.25) is 4.79 Å². The molecule has 1 aromatic carbocycles. The Hall–Kier alpha value is -0.850. The molecule has 0 aliphatic heterocycles. The number of aryl methyl sites for hydroxylation is 1. The second-order valence-electron chi connectivity index (χ2n) is 2.79. The standard InChI is InChI=1S/C10H7BrClNO/c1-6-3-8(12)9(13-2)4-7(6)10(14)5-11/h3-4H,5H2,1H3. The van der Waals surface area contributed by atoms with Gasteiger partial charge in [-0.15, -0.1) is 0 Å². The third-order valence-electron chi connectivity index (χ3n) is 1.84. The van der Waals surface area contributed by atoms with E-state index in [1.54, 1.807) is 13.0 Å². The maximum Gasteiger partial charge on any atom is 0.206 e. The van der Waals surface area contributed by atoms with Gasteiger partial charge in [0, 0.05) is 10.6 Å². The molecule has 72 valence electrons. The fourth-order valence-electron chi connectivity index (χ4n) is 1.12. The van der Waals surface area contributed by atoms with Crippen LogP contribution in [0.2, 0.25) is 5.02 Å². The molecule has 0 unspecified atom stereocenters. The van der Waals surface area contributed by atoms with Crippen molar-refractivity contribution in [2.75, 3.05) is 5.33 Å². The first kappa shape index (κ1) is 11.2. The highest BCUT2D eigenvalue weighted by atomic mass is 79.9. The van der Waals surface area contributed by atoms with Gasteiger partial charge in [-0.2, -0.15) is 0 Å². The van der Waals surface area contributed by atoms with Crippen molar-refractivity contribution in [1.82, 2.24) is 0 Å². The molecule has 0 fully saturated rings. The molecule has 0 radical (unpaired) electrons. The van der Waals surface area contributed by atoms with Gasteiger partial charge in [-0.25, -0.2) is 4.85 Å².